The van der Waals surface area contributed by atoms with Crippen molar-refractivity contribution in [3.63, 3.8) is 0 Å². The molecule has 2 amide bonds. The number of rotatable bonds is 5. The molecule has 3 heterocycles. The molecule has 6 nitrogen and oxygen atoms in total. The Bertz CT molecular complexity index is 1150. The van der Waals surface area contributed by atoms with Crippen molar-refractivity contribution < 1.29 is 9.59 Å². The number of aryl methyl sites for hydroxylation is 1. The van der Waals surface area contributed by atoms with Crippen LogP contribution in [-0.2, 0) is 18.3 Å². The number of hydrogen-bond donors (Lipinski definition) is 0. The van der Waals surface area contributed by atoms with Crippen LogP contribution in [0.3, 0.4) is 0 Å². The van der Waals surface area contributed by atoms with Crippen molar-refractivity contribution in [2.24, 2.45) is 7.05 Å². The minimum absolute atomic E-state index is 0.0338. The minimum atomic E-state index is -0.572. The van der Waals surface area contributed by atoms with Crippen LogP contribution in [-0.4, -0.2) is 51.9 Å². The molecule has 1 saturated heterocycles. The Morgan fingerprint density at radius 3 is 2.65 bits per heavy atom. The highest BCUT2D eigenvalue weighted by Gasteiger charge is 2.37. The molecule has 1 unspecified atom stereocenters. The van der Waals surface area contributed by atoms with Crippen molar-refractivity contribution in [2.75, 3.05) is 19.6 Å². The molecule has 3 aromatic rings. The van der Waals surface area contributed by atoms with Crippen LogP contribution in [0, 0.1) is 0 Å². The summed E-state index contributed by atoms with van der Waals surface area (Å²) in [6.07, 6.45) is 1.99. The molecule has 0 saturated carbocycles. The number of hydrogen-bond acceptors (Lipinski definition) is 4. The van der Waals surface area contributed by atoms with Gasteiger partial charge in [0.05, 0.1) is 5.56 Å². The molecule has 0 aliphatic carbocycles. The average molecular weight is 436 g/mol. The summed E-state index contributed by atoms with van der Waals surface area (Å²) in [6.45, 7) is 3.55. The number of likely N-dealkylation sites (N-methyl/N-ethyl adjacent to an activating group) is 1. The molecule has 0 spiro atoms. The SMILES string of the molecule is CCN1CCN(C(=O)c2ccc(=O)n(C)c2)C(Cc2cccc(-c3cccs3)c2)C1=O. The van der Waals surface area contributed by atoms with E-state index in [1.165, 1.54) is 27.8 Å². The summed E-state index contributed by atoms with van der Waals surface area (Å²) in [5.74, 6) is -0.257. The highest BCUT2D eigenvalue weighted by molar-refractivity contribution is 7.13. The zero-order valence-corrected chi connectivity index (χ0v) is 18.5. The summed E-state index contributed by atoms with van der Waals surface area (Å²) in [4.78, 5) is 42.9. The quantitative estimate of drug-likeness (QED) is 0.619. The third-order valence-electron chi connectivity index (χ3n) is 5.72. The van der Waals surface area contributed by atoms with Crippen molar-refractivity contribution in [3.05, 3.63) is 81.6 Å². The number of benzene rings is 1. The highest BCUT2D eigenvalue weighted by atomic mass is 32.1. The normalized spacial score (nSPS) is 16.6. The maximum atomic E-state index is 13.3. The van der Waals surface area contributed by atoms with Crippen LogP contribution in [0.15, 0.2) is 64.9 Å². The van der Waals surface area contributed by atoms with E-state index in [-0.39, 0.29) is 17.4 Å². The lowest BCUT2D eigenvalue weighted by Gasteiger charge is -2.40. The first kappa shape index (κ1) is 21.1. The predicted molar refractivity (Wildman–Crippen MR) is 122 cm³/mol. The van der Waals surface area contributed by atoms with Gasteiger partial charge in [0.25, 0.3) is 5.91 Å². The third kappa shape index (κ3) is 4.32. The second kappa shape index (κ2) is 8.89. The lowest BCUT2D eigenvalue weighted by Crippen LogP contribution is -2.59. The van der Waals surface area contributed by atoms with Gasteiger partial charge in [0.2, 0.25) is 11.5 Å². The van der Waals surface area contributed by atoms with Gasteiger partial charge >= 0.3 is 0 Å². The Morgan fingerprint density at radius 2 is 1.94 bits per heavy atom. The molecule has 7 heteroatoms. The average Bonchev–Trinajstić information content (AvgIpc) is 3.32. The molecule has 1 atom stereocenters. The van der Waals surface area contributed by atoms with E-state index in [1.54, 1.807) is 28.2 Å². The molecule has 1 aliphatic heterocycles. The van der Waals surface area contributed by atoms with Gasteiger partial charge in [0, 0.05) is 50.2 Å². The largest absolute Gasteiger partial charge is 0.339 e. The van der Waals surface area contributed by atoms with E-state index in [2.05, 4.69) is 18.2 Å². The van der Waals surface area contributed by atoms with Crippen molar-refractivity contribution >= 4 is 23.2 Å². The van der Waals surface area contributed by atoms with E-state index in [4.69, 9.17) is 0 Å². The van der Waals surface area contributed by atoms with E-state index >= 15 is 0 Å². The fourth-order valence-electron chi connectivity index (χ4n) is 4.00. The van der Waals surface area contributed by atoms with Crippen molar-refractivity contribution in [3.8, 4) is 10.4 Å². The van der Waals surface area contributed by atoms with Gasteiger partial charge in [-0.25, -0.2) is 0 Å². The second-order valence-electron chi connectivity index (χ2n) is 7.68. The summed E-state index contributed by atoms with van der Waals surface area (Å²) in [6, 6.07) is 14.6. The van der Waals surface area contributed by atoms with E-state index in [1.807, 2.05) is 30.5 Å². The van der Waals surface area contributed by atoms with Crippen LogP contribution >= 0.6 is 11.3 Å². The Hall–Kier alpha value is -3.19. The van der Waals surface area contributed by atoms with Crippen LogP contribution in [0.4, 0.5) is 0 Å². The summed E-state index contributed by atoms with van der Waals surface area (Å²) in [7, 11) is 1.62. The van der Waals surface area contributed by atoms with Gasteiger partial charge in [-0.3, -0.25) is 14.4 Å². The summed E-state index contributed by atoms with van der Waals surface area (Å²) in [5.41, 5.74) is 2.36. The number of aromatic nitrogens is 1. The molecule has 2 aromatic heterocycles. The lowest BCUT2D eigenvalue weighted by atomic mass is 9.98. The van der Waals surface area contributed by atoms with Crippen LogP contribution in [0.2, 0.25) is 0 Å². The molecule has 0 N–H and O–H groups in total. The number of carbonyl (C=O) groups excluding carboxylic acids is 2. The predicted octanol–water partition coefficient (Wildman–Crippen LogP) is 3.03. The van der Waals surface area contributed by atoms with E-state index in [9.17, 15) is 14.4 Å². The molecule has 160 valence electrons. The molecule has 1 fully saturated rings. The fraction of sp³-hybridized carbons (Fsp3) is 0.292. The number of amides is 2. The summed E-state index contributed by atoms with van der Waals surface area (Å²) >= 11 is 1.67. The van der Waals surface area contributed by atoms with E-state index in [0.717, 1.165) is 11.1 Å². The Morgan fingerprint density at radius 1 is 1.10 bits per heavy atom. The molecule has 0 radical (unpaired) electrons. The first-order valence-electron chi connectivity index (χ1n) is 10.4. The van der Waals surface area contributed by atoms with Crippen molar-refractivity contribution in [1.29, 1.82) is 0 Å². The molecular weight excluding hydrogens is 410 g/mol. The topological polar surface area (TPSA) is 62.6 Å². The Balaban J connectivity index is 1.65. The summed E-state index contributed by atoms with van der Waals surface area (Å²) in [5, 5.41) is 2.04. The van der Waals surface area contributed by atoms with Crippen LogP contribution in [0.1, 0.15) is 22.8 Å². The van der Waals surface area contributed by atoms with Gasteiger partial charge in [-0.15, -0.1) is 11.3 Å². The van der Waals surface area contributed by atoms with Crippen molar-refractivity contribution in [2.45, 2.75) is 19.4 Å². The first-order chi connectivity index (χ1) is 15.0. The van der Waals surface area contributed by atoms with Crippen molar-refractivity contribution in [1.82, 2.24) is 14.4 Å². The zero-order valence-electron chi connectivity index (χ0n) is 17.7. The second-order valence-corrected chi connectivity index (χ2v) is 8.63. The molecule has 1 aromatic carbocycles. The zero-order chi connectivity index (χ0) is 22.0. The van der Waals surface area contributed by atoms with Gasteiger partial charge in [-0.2, -0.15) is 0 Å². The lowest BCUT2D eigenvalue weighted by molar-refractivity contribution is -0.139. The standard InChI is InChI=1S/C24H25N3O3S/c1-3-26-11-12-27(23(29)19-9-10-22(28)25(2)16-19)20(24(26)30)15-17-6-4-7-18(14-17)21-8-5-13-31-21/h4-10,13-14,16,20H,3,11-12,15H2,1-2H3. The Labute approximate surface area is 185 Å². The van der Waals surface area contributed by atoms with E-state index in [0.29, 0.717) is 31.6 Å². The van der Waals surface area contributed by atoms with Crippen LogP contribution < -0.4 is 5.56 Å². The number of pyridine rings is 1. The van der Waals surface area contributed by atoms with Crippen LogP contribution in [0.5, 0.6) is 0 Å². The number of nitrogens with zero attached hydrogens (tertiary/aromatic N) is 3. The van der Waals surface area contributed by atoms with E-state index < -0.39 is 6.04 Å². The number of piperazine rings is 1. The van der Waals surface area contributed by atoms with Gasteiger partial charge < -0.3 is 14.4 Å². The minimum Gasteiger partial charge on any atom is -0.339 e. The molecule has 1 aliphatic rings. The van der Waals surface area contributed by atoms with Gasteiger partial charge in [0.1, 0.15) is 6.04 Å². The smallest absolute Gasteiger partial charge is 0.256 e. The third-order valence-corrected chi connectivity index (χ3v) is 6.64. The van der Waals surface area contributed by atoms with Gasteiger partial charge in [-0.05, 0) is 35.6 Å². The fourth-order valence-corrected chi connectivity index (χ4v) is 4.72. The number of carbonyl (C=O) groups is 2. The molecular formula is C24H25N3O3S. The highest BCUT2D eigenvalue weighted by Crippen LogP contribution is 2.27. The summed E-state index contributed by atoms with van der Waals surface area (Å²) < 4.78 is 1.39. The van der Waals surface area contributed by atoms with Gasteiger partial charge in [0.15, 0.2) is 0 Å². The maximum absolute atomic E-state index is 13.3. The number of thiophene rings is 1. The monoisotopic (exact) mass is 435 g/mol. The molecule has 31 heavy (non-hydrogen) atoms. The first-order valence-corrected chi connectivity index (χ1v) is 11.2. The molecule has 0 bridgehead atoms. The molecule has 4 rings (SSSR count). The van der Waals surface area contributed by atoms with Crippen LogP contribution in [0.25, 0.3) is 10.4 Å². The Kier molecular flexibility index (Phi) is 6.04. The maximum Gasteiger partial charge on any atom is 0.256 e. The van der Waals surface area contributed by atoms with Gasteiger partial charge in [-0.1, -0.05) is 30.3 Å².